The average Bonchev–Trinajstić information content (AvgIpc) is 3.19. The Labute approximate surface area is 162 Å². The first-order valence-corrected chi connectivity index (χ1v) is 10.1. The standard InChI is InChI=1S/C23H29NO3/c1-2-3-12-24-13-11-21(18-7-5-4-6-8-18)19(15-24)16-25-20-9-10-22-23(14-20)27-17-26-22/h4-10,14,19,21H,2-3,11-13,15-17H2,1H3/t19-,21-/m1/s1. The van der Waals surface area contributed by atoms with Crippen molar-refractivity contribution in [1.82, 2.24) is 4.90 Å². The lowest BCUT2D eigenvalue weighted by atomic mass is 9.81. The number of nitrogens with zero attached hydrogens (tertiary/aromatic N) is 1. The normalized spacial score (nSPS) is 22.0. The van der Waals surface area contributed by atoms with Gasteiger partial charge in [-0.3, -0.25) is 0 Å². The molecule has 0 aliphatic carbocycles. The second-order valence-electron chi connectivity index (χ2n) is 7.55. The number of benzene rings is 2. The van der Waals surface area contributed by atoms with E-state index in [9.17, 15) is 0 Å². The van der Waals surface area contributed by atoms with Crippen molar-refractivity contribution in [2.45, 2.75) is 32.1 Å². The third-order valence-corrected chi connectivity index (χ3v) is 5.68. The van der Waals surface area contributed by atoms with Gasteiger partial charge >= 0.3 is 0 Å². The Morgan fingerprint density at radius 3 is 2.78 bits per heavy atom. The number of ether oxygens (including phenoxy) is 3. The van der Waals surface area contributed by atoms with Crippen LogP contribution in [0.15, 0.2) is 48.5 Å². The van der Waals surface area contributed by atoms with Crippen LogP contribution in [0.4, 0.5) is 0 Å². The quantitative estimate of drug-likeness (QED) is 0.710. The zero-order chi connectivity index (χ0) is 18.5. The maximum absolute atomic E-state index is 6.21. The number of piperidine rings is 1. The number of hydrogen-bond acceptors (Lipinski definition) is 4. The number of rotatable bonds is 7. The highest BCUT2D eigenvalue weighted by molar-refractivity contribution is 5.46. The summed E-state index contributed by atoms with van der Waals surface area (Å²) in [7, 11) is 0. The van der Waals surface area contributed by atoms with E-state index in [0.29, 0.717) is 18.6 Å². The van der Waals surface area contributed by atoms with Gasteiger partial charge in [0.15, 0.2) is 11.5 Å². The van der Waals surface area contributed by atoms with Crippen LogP contribution in [0, 0.1) is 5.92 Å². The lowest BCUT2D eigenvalue weighted by molar-refractivity contribution is 0.110. The van der Waals surface area contributed by atoms with Crippen LogP contribution >= 0.6 is 0 Å². The zero-order valence-corrected chi connectivity index (χ0v) is 16.1. The van der Waals surface area contributed by atoms with Crippen molar-refractivity contribution in [2.24, 2.45) is 5.92 Å². The predicted octanol–water partition coefficient (Wildman–Crippen LogP) is 4.70. The van der Waals surface area contributed by atoms with Gasteiger partial charge < -0.3 is 19.1 Å². The van der Waals surface area contributed by atoms with E-state index in [1.165, 1.54) is 37.9 Å². The first kappa shape index (κ1) is 18.2. The van der Waals surface area contributed by atoms with Crippen molar-refractivity contribution in [3.8, 4) is 17.2 Å². The average molecular weight is 367 g/mol. The van der Waals surface area contributed by atoms with Crippen molar-refractivity contribution in [3.05, 3.63) is 54.1 Å². The van der Waals surface area contributed by atoms with Gasteiger partial charge in [-0.25, -0.2) is 0 Å². The minimum atomic E-state index is 0.296. The monoisotopic (exact) mass is 367 g/mol. The number of hydrogen-bond donors (Lipinski definition) is 0. The molecule has 0 spiro atoms. The molecule has 2 aliphatic heterocycles. The minimum absolute atomic E-state index is 0.296. The molecule has 0 saturated carbocycles. The van der Waals surface area contributed by atoms with E-state index in [2.05, 4.69) is 42.2 Å². The molecular weight excluding hydrogens is 338 g/mol. The highest BCUT2D eigenvalue weighted by atomic mass is 16.7. The van der Waals surface area contributed by atoms with Gasteiger partial charge in [0.25, 0.3) is 0 Å². The van der Waals surface area contributed by atoms with Gasteiger partial charge in [-0.05, 0) is 49.5 Å². The number of unbranched alkanes of at least 4 members (excludes halogenated alkanes) is 1. The molecule has 27 heavy (non-hydrogen) atoms. The molecule has 4 heteroatoms. The largest absolute Gasteiger partial charge is 0.493 e. The van der Waals surface area contributed by atoms with Crippen LogP contribution in [0.25, 0.3) is 0 Å². The van der Waals surface area contributed by atoms with Gasteiger partial charge in [-0.1, -0.05) is 43.7 Å². The molecule has 0 N–H and O–H groups in total. The summed E-state index contributed by atoms with van der Waals surface area (Å²) in [6, 6.07) is 16.8. The first-order valence-electron chi connectivity index (χ1n) is 10.1. The third kappa shape index (κ3) is 4.38. The van der Waals surface area contributed by atoms with Gasteiger partial charge in [-0.15, -0.1) is 0 Å². The van der Waals surface area contributed by atoms with Crippen LogP contribution in [-0.2, 0) is 0 Å². The van der Waals surface area contributed by atoms with Crippen LogP contribution < -0.4 is 14.2 Å². The highest BCUT2D eigenvalue weighted by Gasteiger charge is 2.30. The third-order valence-electron chi connectivity index (χ3n) is 5.68. The summed E-state index contributed by atoms with van der Waals surface area (Å²) in [6.07, 6.45) is 3.71. The Balaban J connectivity index is 1.44. The maximum atomic E-state index is 6.21. The Bertz CT molecular complexity index is 734. The highest BCUT2D eigenvalue weighted by Crippen LogP contribution is 2.37. The second kappa shape index (κ2) is 8.66. The molecule has 0 radical (unpaired) electrons. The molecule has 4 nitrogen and oxygen atoms in total. The van der Waals surface area contributed by atoms with E-state index < -0.39 is 0 Å². The van der Waals surface area contributed by atoms with Crippen LogP contribution in [0.1, 0.15) is 37.7 Å². The first-order chi connectivity index (χ1) is 13.3. The molecular formula is C23H29NO3. The van der Waals surface area contributed by atoms with E-state index >= 15 is 0 Å². The summed E-state index contributed by atoms with van der Waals surface area (Å²) in [5, 5.41) is 0. The SMILES string of the molecule is CCCCN1CC[C@H](c2ccccc2)[C@@H](COc2ccc3c(c2)OCO3)C1. The number of fused-ring (bicyclic) bond motifs is 1. The van der Waals surface area contributed by atoms with Crippen LogP contribution in [0.5, 0.6) is 17.2 Å². The molecule has 2 heterocycles. The van der Waals surface area contributed by atoms with Crippen LogP contribution in [0.3, 0.4) is 0 Å². The van der Waals surface area contributed by atoms with E-state index in [1.54, 1.807) is 0 Å². The van der Waals surface area contributed by atoms with Gasteiger partial charge in [0.1, 0.15) is 5.75 Å². The molecule has 2 aromatic carbocycles. The Kier molecular flexibility index (Phi) is 5.83. The summed E-state index contributed by atoms with van der Waals surface area (Å²) in [6.45, 7) is 6.76. The number of likely N-dealkylation sites (tertiary alicyclic amines) is 1. The van der Waals surface area contributed by atoms with Crippen LogP contribution in [0.2, 0.25) is 0 Å². The van der Waals surface area contributed by atoms with Crippen molar-refractivity contribution < 1.29 is 14.2 Å². The molecule has 4 rings (SSSR count). The fourth-order valence-electron chi connectivity index (χ4n) is 4.17. The summed E-state index contributed by atoms with van der Waals surface area (Å²) in [4.78, 5) is 2.61. The maximum Gasteiger partial charge on any atom is 0.231 e. The summed E-state index contributed by atoms with van der Waals surface area (Å²) in [5.74, 6) is 3.48. The Hall–Kier alpha value is -2.20. The summed E-state index contributed by atoms with van der Waals surface area (Å²) < 4.78 is 17.1. The van der Waals surface area contributed by atoms with E-state index in [1.807, 2.05) is 18.2 Å². The smallest absolute Gasteiger partial charge is 0.231 e. The second-order valence-corrected chi connectivity index (χ2v) is 7.55. The van der Waals surface area contributed by atoms with Crippen molar-refractivity contribution in [1.29, 1.82) is 0 Å². The molecule has 2 atom stereocenters. The van der Waals surface area contributed by atoms with Crippen LogP contribution in [-0.4, -0.2) is 37.9 Å². The van der Waals surface area contributed by atoms with E-state index in [0.717, 1.165) is 30.4 Å². The van der Waals surface area contributed by atoms with E-state index in [4.69, 9.17) is 14.2 Å². The minimum Gasteiger partial charge on any atom is -0.493 e. The molecule has 0 unspecified atom stereocenters. The Morgan fingerprint density at radius 1 is 1.07 bits per heavy atom. The van der Waals surface area contributed by atoms with Crippen molar-refractivity contribution in [3.63, 3.8) is 0 Å². The zero-order valence-electron chi connectivity index (χ0n) is 16.1. The Morgan fingerprint density at radius 2 is 1.93 bits per heavy atom. The summed E-state index contributed by atoms with van der Waals surface area (Å²) >= 11 is 0. The van der Waals surface area contributed by atoms with Gasteiger partial charge in [-0.2, -0.15) is 0 Å². The van der Waals surface area contributed by atoms with E-state index in [-0.39, 0.29) is 0 Å². The van der Waals surface area contributed by atoms with Gasteiger partial charge in [0.2, 0.25) is 6.79 Å². The molecule has 0 amide bonds. The molecule has 2 aromatic rings. The molecule has 2 aliphatic rings. The predicted molar refractivity (Wildman–Crippen MR) is 107 cm³/mol. The van der Waals surface area contributed by atoms with Crippen molar-refractivity contribution in [2.75, 3.05) is 33.0 Å². The molecule has 1 fully saturated rings. The van der Waals surface area contributed by atoms with Crippen molar-refractivity contribution >= 4 is 0 Å². The topological polar surface area (TPSA) is 30.9 Å². The molecule has 1 saturated heterocycles. The summed E-state index contributed by atoms with van der Waals surface area (Å²) in [5.41, 5.74) is 1.44. The fourth-order valence-corrected chi connectivity index (χ4v) is 4.17. The molecule has 0 bridgehead atoms. The molecule has 0 aromatic heterocycles. The molecule has 144 valence electrons. The lowest BCUT2D eigenvalue weighted by Crippen LogP contribution is -2.42. The fraction of sp³-hybridized carbons (Fsp3) is 0.478. The van der Waals surface area contributed by atoms with Gasteiger partial charge in [0, 0.05) is 18.5 Å². The van der Waals surface area contributed by atoms with Gasteiger partial charge in [0.05, 0.1) is 6.61 Å². The lowest BCUT2D eigenvalue weighted by Gasteiger charge is -2.38.